The number of rotatable bonds is 3. The Hall–Kier alpha value is -1.16. The maximum Gasteiger partial charge on any atom is 0.185 e. The molecule has 0 aliphatic rings. The molecule has 0 saturated carbocycles. The van der Waals surface area contributed by atoms with Crippen LogP contribution in [-0.2, 0) is 14.6 Å². The molecule has 100 valence electrons. The molecule has 0 heterocycles. The third-order valence-electron chi connectivity index (χ3n) is 3.00. The average molecular weight is 268 g/mol. The molecule has 0 N–H and O–H groups in total. The first-order valence-corrected chi connectivity index (χ1v) is 7.52. The van der Waals surface area contributed by atoms with Gasteiger partial charge in [0, 0.05) is 5.41 Å². The fourth-order valence-corrected chi connectivity index (χ4v) is 2.96. The summed E-state index contributed by atoms with van der Waals surface area (Å²) >= 11 is 0. The predicted octanol–water partition coefficient (Wildman–Crippen LogP) is 2.69. The van der Waals surface area contributed by atoms with Gasteiger partial charge in [0.1, 0.15) is 5.75 Å². The first kappa shape index (κ1) is 14.9. The summed E-state index contributed by atoms with van der Waals surface area (Å²) in [4.78, 5) is 12.1. The molecule has 0 aliphatic heterocycles. The van der Waals surface area contributed by atoms with E-state index in [1.807, 2.05) is 13.8 Å². The highest BCUT2D eigenvalue weighted by Gasteiger charge is 2.28. The summed E-state index contributed by atoms with van der Waals surface area (Å²) in [7, 11) is -3.53. The molecule has 4 heteroatoms. The highest BCUT2D eigenvalue weighted by atomic mass is 32.2. The molecular weight excluding hydrogens is 248 g/mol. The van der Waals surface area contributed by atoms with E-state index >= 15 is 0 Å². The Morgan fingerprint density at radius 3 is 2.11 bits per heavy atom. The van der Waals surface area contributed by atoms with Gasteiger partial charge in [0.2, 0.25) is 0 Å². The van der Waals surface area contributed by atoms with Crippen LogP contribution in [0.3, 0.4) is 0 Å². The van der Waals surface area contributed by atoms with Crippen LogP contribution in [0.1, 0.15) is 31.9 Å². The number of hydrogen-bond acceptors (Lipinski definition) is 3. The van der Waals surface area contributed by atoms with Crippen LogP contribution >= 0.6 is 0 Å². The van der Waals surface area contributed by atoms with Crippen LogP contribution in [0.25, 0.3) is 0 Å². The zero-order chi connectivity index (χ0) is 14.1. The number of Topliss-reactive ketones (excluding diaryl/α,β-unsaturated/α-hetero) is 1. The van der Waals surface area contributed by atoms with Crippen molar-refractivity contribution in [2.75, 3.05) is 5.75 Å². The van der Waals surface area contributed by atoms with Crippen molar-refractivity contribution in [1.29, 1.82) is 0 Å². The molecule has 0 bridgehead atoms. The van der Waals surface area contributed by atoms with E-state index in [0.29, 0.717) is 0 Å². The number of ketones is 1. The number of aryl methyl sites for hydroxylation is 2. The quantitative estimate of drug-likeness (QED) is 0.847. The number of benzene rings is 1. The van der Waals surface area contributed by atoms with Crippen molar-refractivity contribution in [1.82, 2.24) is 0 Å². The van der Waals surface area contributed by atoms with Gasteiger partial charge in [0.15, 0.2) is 15.6 Å². The second kappa shape index (κ2) is 4.84. The Balaban J connectivity index is 3.08. The van der Waals surface area contributed by atoms with Crippen molar-refractivity contribution in [3.8, 4) is 0 Å². The predicted molar refractivity (Wildman–Crippen MR) is 72.4 cm³/mol. The highest BCUT2D eigenvalue weighted by molar-refractivity contribution is 7.92. The van der Waals surface area contributed by atoms with Gasteiger partial charge in [-0.3, -0.25) is 4.79 Å². The summed E-state index contributed by atoms with van der Waals surface area (Å²) in [5.41, 5.74) is 1.32. The van der Waals surface area contributed by atoms with E-state index in [0.717, 1.165) is 11.1 Å². The van der Waals surface area contributed by atoms with Crippen LogP contribution in [0.2, 0.25) is 0 Å². The largest absolute Gasteiger partial charge is 0.298 e. The molecular formula is C14H20O3S. The minimum Gasteiger partial charge on any atom is -0.298 e. The summed E-state index contributed by atoms with van der Waals surface area (Å²) in [6, 6.07) is 4.96. The van der Waals surface area contributed by atoms with Gasteiger partial charge in [-0.05, 0) is 37.1 Å². The van der Waals surface area contributed by atoms with Crippen molar-refractivity contribution in [2.45, 2.75) is 39.5 Å². The van der Waals surface area contributed by atoms with E-state index < -0.39 is 21.0 Å². The normalized spacial score (nSPS) is 12.5. The first-order chi connectivity index (χ1) is 8.04. The second-order valence-corrected chi connectivity index (χ2v) is 7.67. The van der Waals surface area contributed by atoms with Crippen LogP contribution in [0.5, 0.6) is 0 Å². The van der Waals surface area contributed by atoms with Gasteiger partial charge in [-0.2, -0.15) is 0 Å². The van der Waals surface area contributed by atoms with Crippen LogP contribution in [-0.4, -0.2) is 20.0 Å². The van der Waals surface area contributed by atoms with Gasteiger partial charge in [0.05, 0.1) is 4.90 Å². The van der Waals surface area contributed by atoms with Gasteiger partial charge in [-0.1, -0.05) is 26.8 Å². The van der Waals surface area contributed by atoms with E-state index in [9.17, 15) is 13.2 Å². The van der Waals surface area contributed by atoms with Crippen molar-refractivity contribution in [2.24, 2.45) is 5.41 Å². The molecule has 0 saturated heterocycles. The molecule has 18 heavy (non-hydrogen) atoms. The highest BCUT2D eigenvalue weighted by Crippen LogP contribution is 2.20. The lowest BCUT2D eigenvalue weighted by molar-refractivity contribution is -0.123. The summed E-state index contributed by atoms with van der Waals surface area (Å²) in [5, 5.41) is 0. The Morgan fingerprint density at radius 2 is 1.67 bits per heavy atom. The lowest BCUT2D eigenvalue weighted by Gasteiger charge is -2.16. The van der Waals surface area contributed by atoms with E-state index in [4.69, 9.17) is 0 Å². The van der Waals surface area contributed by atoms with Gasteiger partial charge in [-0.15, -0.1) is 0 Å². The fourth-order valence-electron chi connectivity index (χ4n) is 1.38. The number of sulfone groups is 1. The molecule has 0 spiro atoms. The molecule has 0 atom stereocenters. The number of hydrogen-bond donors (Lipinski definition) is 0. The molecule has 0 aliphatic carbocycles. The van der Waals surface area contributed by atoms with E-state index in [2.05, 4.69) is 0 Å². The van der Waals surface area contributed by atoms with Crippen LogP contribution in [0.4, 0.5) is 0 Å². The molecule has 0 radical (unpaired) electrons. The lowest BCUT2D eigenvalue weighted by Crippen LogP contribution is -2.28. The van der Waals surface area contributed by atoms with Crippen LogP contribution < -0.4 is 0 Å². The topological polar surface area (TPSA) is 51.2 Å². The summed E-state index contributed by atoms with van der Waals surface area (Å²) in [6.45, 7) is 8.97. The van der Waals surface area contributed by atoms with Crippen molar-refractivity contribution >= 4 is 15.6 Å². The molecule has 3 nitrogen and oxygen atoms in total. The molecule has 1 aromatic rings. The van der Waals surface area contributed by atoms with Gasteiger partial charge >= 0.3 is 0 Å². The molecule has 0 aromatic heterocycles. The van der Waals surface area contributed by atoms with E-state index in [1.165, 1.54) is 0 Å². The first-order valence-electron chi connectivity index (χ1n) is 5.87. The zero-order valence-corrected chi connectivity index (χ0v) is 12.4. The maximum atomic E-state index is 12.1. The minimum absolute atomic E-state index is 0.225. The molecule has 0 amide bonds. The Labute approximate surface area is 109 Å². The molecule has 0 unspecified atom stereocenters. The van der Waals surface area contributed by atoms with Gasteiger partial charge < -0.3 is 0 Å². The lowest BCUT2D eigenvalue weighted by atomic mass is 9.92. The molecule has 1 rings (SSSR count). The molecule has 0 fully saturated rings. The second-order valence-electron chi connectivity index (χ2n) is 5.68. The number of carbonyl (C=O) groups excluding carboxylic acids is 1. The summed E-state index contributed by atoms with van der Waals surface area (Å²) < 4.78 is 24.3. The Bertz CT molecular complexity index is 563. The summed E-state index contributed by atoms with van der Waals surface area (Å²) in [5.74, 6) is -0.695. The van der Waals surface area contributed by atoms with Crippen molar-refractivity contribution in [3.63, 3.8) is 0 Å². The van der Waals surface area contributed by atoms with Gasteiger partial charge in [-0.25, -0.2) is 8.42 Å². The third kappa shape index (κ3) is 3.42. The number of carbonyl (C=O) groups is 1. The monoisotopic (exact) mass is 268 g/mol. The molecule has 1 aromatic carbocycles. The van der Waals surface area contributed by atoms with Crippen LogP contribution in [0.15, 0.2) is 23.1 Å². The van der Waals surface area contributed by atoms with Crippen LogP contribution in [0, 0.1) is 19.3 Å². The minimum atomic E-state index is -3.53. The average Bonchev–Trinajstić information content (AvgIpc) is 2.19. The summed E-state index contributed by atoms with van der Waals surface area (Å²) in [6.07, 6.45) is 0. The van der Waals surface area contributed by atoms with Crippen molar-refractivity contribution in [3.05, 3.63) is 29.3 Å². The Kier molecular flexibility index (Phi) is 4.01. The standard InChI is InChI=1S/C14H20O3S/c1-10-6-7-12(8-11(10)2)18(16,17)9-13(15)14(3,4)5/h6-8H,9H2,1-5H3. The van der Waals surface area contributed by atoms with E-state index in [-0.39, 0.29) is 10.7 Å². The van der Waals surface area contributed by atoms with Gasteiger partial charge in [0.25, 0.3) is 0 Å². The zero-order valence-electron chi connectivity index (χ0n) is 11.6. The smallest absolute Gasteiger partial charge is 0.185 e. The van der Waals surface area contributed by atoms with E-state index in [1.54, 1.807) is 39.0 Å². The van der Waals surface area contributed by atoms with Crippen molar-refractivity contribution < 1.29 is 13.2 Å². The maximum absolute atomic E-state index is 12.1. The Morgan fingerprint density at radius 1 is 1.11 bits per heavy atom. The third-order valence-corrected chi connectivity index (χ3v) is 4.61. The SMILES string of the molecule is Cc1ccc(S(=O)(=O)CC(=O)C(C)(C)C)cc1C. The fraction of sp³-hybridized carbons (Fsp3) is 0.500.